The van der Waals surface area contributed by atoms with E-state index in [-0.39, 0.29) is 0 Å². The third kappa shape index (κ3) is 2.69. The molecule has 0 saturated heterocycles. The number of nitrogens with zero attached hydrogens (tertiary/aromatic N) is 3. The van der Waals surface area contributed by atoms with Crippen molar-refractivity contribution in [3.8, 4) is 17.0 Å². The summed E-state index contributed by atoms with van der Waals surface area (Å²) in [6.07, 6.45) is 9.51. The minimum atomic E-state index is 0.727. The van der Waals surface area contributed by atoms with Gasteiger partial charge in [0.05, 0.1) is 36.3 Å². The molecule has 24 heavy (non-hydrogen) atoms. The van der Waals surface area contributed by atoms with Gasteiger partial charge in [-0.3, -0.25) is 4.31 Å². The summed E-state index contributed by atoms with van der Waals surface area (Å²) in [5.74, 6) is 1.51. The number of para-hydroxylation sites is 1. The number of ether oxygens (including phenoxy) is 1. The molecular weight excluding hydrogens is 322 g/mol. The van der Waals surface area contributed by atoms with Crippen molar-refractivity contribution >= 4 is 18.0 Å². The molecule has 0 fully saturated rings. The Morgan fingerprint density at radius 3 is 3.08 bits per heavy atom. The van der Waals surface area contributed by atoms with Gasteiger partial charge in [-0.05, 0) is 24.3 Å². The van der Waals surface area contributed by atoms with Crippen molar-refractivity contribution in [3.63, 3.8) is 0 Å². The van der Waals surface area contributed by atoms with Crippen molar-refractivity contribution in [1.29, 1.82) is 0 Å². The Bertz CT molecular complexity index is 862. The number of nitrogens with one attached hydrogen (secondary N) is 2. The van der Waals surface area contributed by atoms with Crippen LogP contribution in [0.1, 0.15) is 0 Å². The van der Waals surface area contributed by atoms with E-state index in [0.717, 1.165) is 34.2 Å². The van der Waals surface area contributed by atoms with Gasteiger partial charge in [-0.25, -0.2) is 9.97 Å². The van der Waals surface area contributed by atoms with Gasteiger partial charge < -0.3 is 14.8 Å². The topological polar surface area (TPSA) is 62.3 Å². The van der Waals surface area contributed by atoms with Crippen LogP contribution in [0, 0.1) is 0 Å². The van der Waals surface area contributed by atoms with Crippen LogP contribution >= 0.6 is 12.1 Å². The maximum Gasteiger partial charge on any atom is 0.134 e. The minimum Gasteiger partial charge on any atom is -0.496 e. The molecule has 1 aromatic carbocycles. The number of benzene rings is 1. The first kappa shape index (κ1) is 14.6. The number of rotatable bonds is 4. The van der Waals surface area contributed by atoms with Gasteiger partial charge in [0.15, 0.2) is 0 Å². The van der Waals surface area contributed by atoms with Crippen LogP contribution in [0.4, 0.5) is 5.82 Å². The van der Waals surface area contributed by atoms with Gasteiger partial charge in [0, 0.05) is 24.0 Å². The third-order valence-corrected chi connectivity index (χ3v) is 4.40. The van der Waals surface area contributed by atoms with Crippen LogP contribution in [0.5, 0.6) is 5.75 Å². The van der Waals surface area contributed by atoms with E-state index in [1.165, 1.54) is 12.1 Å². The van der Waals surface area contributed by atoms with E-state index in [4.69, 9.17) is 4.74 Å². The van der Waals surface area contributed by atoms with E-state index in [2.05, 4.69) is 20.0 Å². The normalized spacial score (nSPS) is 15.3. The first-order valence-corrected chi connectivity index (χ1v) is 8.16. The second-order valence-electron chi connectivity index (χ2n) is 5.10. The average Bonchev–Trinajstić information content (AvgIpc) is 3.12. The van der Waals surface area contributed by atoms with Gasteiger partial charge >= 0.3 is 0 Å². The predicted octanol–water partition coefficient (Wildman–Crippen LogP) is 3.29. The molecule has 2 aromatic rings. The summed E-state index contributed by atoms with van der Waals surface area (Å²) < 4.78 is 10.6. The molecule has 6 nitrogen and oxygen atoms in total. The third-order valence-electron chi connectivity index (χ3n) is 3.66. The lowest BCUT2D eigenvalue weighted by Crippen LogP contribution is -2.14. The molecule has 0 spiro atoms. The lowest BCUT2D eigenvalue weighted by atomic mass is 10.1. The van der Waals surface area contributed by atoms with E-state index in [1.54, 1.807) is 13.4 Å². The second-order valence-corrected chi connectivity index (χ2v) is 5.91. The van der Waals surface area contributed by atoms with Gasteiger partial charge in [0.2, 0.25) is 0 Å². The molecule has 0 aliphatic carbocycles. The maximum absolute atomic E-state index is 5.42. The lowest BCUT2D eigenvalue weighted by molar-refractivity contribution is 0.416. The van der Waals surface area contributed by atoms with Gasteiger partial charge in [0.25, 0.3) is 0 Å². The number of aromatic nitrogens is 2. The lowest BCUT2D eigenvalue weighted by Gasteiger charge is -2.21. The fourth-order valence-electron chi connectivity index (χ4n) is 2.53. The zero-order valence-corrected chi connectivity index (χ0v) is 13.7. The fraction of sp³-hybridized carbons (Fsp3) is 0.0588. The van der Waals surface area contributed by atoms with E-state index in [0.29, 0.717) is 0 Å². The number of methoxy groups -OCH3 is 1. The molecule has 0 unspecified atom stereocenters. The highest BCUT2D eigenvalue weighted by atomic mass is 32.2. The summed E-state index contributed by atoms with van der Waals surface area (Å²) in [5, 5.41) is 3.35. The summed E-state index contributed by atoms with van der Waals surface area (Å²) in [5.41, 5.74) is 3.77. The molecule has 1 aromatic heterocycles. The molecule has 3 heterocycles. The molecule has 2 N–H and O–H groups in total. The fourth-order valence-corrected chi connectivity index (χ4v) is 3.19. The highest BCUT2D eigenvalue weighted by Crippen LogP contribution is 2.32. The summed E-state index contributed by atoms with van der Waals surface area (Å²) >= 11 is 1.52. The number of hydrogen-bond donors (Lipinski definition) is 2. The first-order chi connectivity index (χ1) is 11.8. The molecule has 4 rings (SSSR count). The monoisotopic (exact) mass is 337 g/mol. The molecule has 2 aliphatic heterocycles. The summed E-state index contributed by atoms with van der Waals surface area (Å²) in [6.45, 7) is 0. The van der Waals surface area contributed by atoms with E-state index in [9.17, 15) is 0 Å². The molecule has 0 saturated carbocycles. The van der Waals surface area contributed by atoms with Crippen molar-refractivity contribution in [3.05, 3.63) is 72.6 Å². The van der Waals surface area contributed by atoms with Gasteiger partial charge in [-0.1, -0.05) is 12.1 Å². The number of allylic oxidation sites excluding steroid dienone is 2. The van der Waals surface area contributed by atoms with Crippen LogP contribution in [0.3, 0.4) is 0 Å². The van der Waals surface area contributed by atoms with Crippen molar-refractivity contribution < 1.29 is 4.74 Å². The smallest absolute Gasteiger partial charge is 0.134 e. The molecule has 0 bridgehead atoms. The standard InChI is InChI=1S/C17H15N5OS/c1-23-16-7-3-2-5-12(16)14-9-17(19-11-18-14)21-13-6-4-8-22-15(13)10-20-24-22/h2-11,20H,1H3,(H,18,19,21). The Kier molecular flexibility index (Phi) is 3.84. The minimum absolute atomic E-state index is 0.727. The summed E-state index contributed by atoms with van der Waals surface area (Å²) in [7, 11) is 1.66. The van der Waals surface area contributed by atoms with Crippen molar-refractivity contribution in [1.82, 2.24) is 19.0 Å². The average molecular weight is 337 g/mol. The van der Waals surface area contributed by atoms with E-state index in [1.807, 2.05) is 59.2 Å². The molecule has 0 amide bonds. The van der Waals surface area contributed by atoms with Gasteiger partial charge in [0.1, 0.15) is 17.9 Å². The Morgan fingerprint density at radius 2 is 2.17 bits per heavy atom. The second kappa shape index (κ2) is 6.29. The Balaban J connectivity index is 1.64. The van der Waals surface area contributed by atoms with Gasteiger partial charge in [-0.2, -0.15) is 0 Å². The van der Waals surface area contributed by atoms with Crippen LogP contribution in [0.15, 0.2) is 72.6 Å². The SMILES string of the molecule is COc1ccccc1-c1cc(NC2=CC=CN3SNC=C23)ncn1. The van der Waals surface area contributed by atoms with Crippen LogP contribution < -0.4 is 14.8 Å². The number of anilines is 1. The zero-order chi connectivity index (χ0) is 16.4. The molecule has 0 atom stereocenters. The Hall–Kier alpha value is -2.93. The van der Waals surface area contributed by atoms with Crippen LogP contribution in [-0.4, -0.2) is 21.4 Å². The molecule has 120 valence electrons. The highest BCUT2D eigenvalue weighted by Gasteiger charge is 2.20. The van der Waals surface area contributed by atoms with Crippen molar-refractivity contribution in [2.24, 2.45) is 0 Å². The molecular formula is C17H15N5OS. The zero-order valence-electron chi connectivity index (χ0n) is 12.9. The van der Waals surface area contributed by atoms with E-state index < -0.39 is 0 Å². The van der Waals surface area contributed by atoms with Gasteiger partial charge in [-0.15, -0.1) is 0 Å². The Morgan fingerprint density at radius 1 is 1.25 bits per heavy atom. The molecule has 2 aliphatic rings. The maximum atomic E-state index is 5.42. The summed E-state index contributed by atoms with van der Waals surface area (Å²) in [4.78, 5) is 8.70. The van der Waals surface area contributed by atoms with Crippen LogP contribution in [0.2, 0.25) is 0 Å². The predicted molar refractivity (Wildman–Crippen MR) is 95.5 cm³/mol. The first-order valence-electron chi connectivity index (χ1n) is 7.38. The highest BCUT2D eigenvalue weighted by molar-refractivity contribution is 7.95. The molecule has 7 heteroatoms. The number of fused-ring (bicyclic) bond motifs is 1. The van der Waals surface area contributed by atoms with Crippen LogP contribution in [0.25, 0.3) is 11.3 Å². The largest absolute Gasteiger partial charge is 0.496 e. The van der Waals surface area contributed by atoms with E-state index >= 15 is 0 Å². The molecule has 0 radical (unpaired) electrons. The number of hydrogen-bond acceptors (Lipinski definition) is 7. The quantitative estimate of drug-likeness (QED) is 0.830. The van der Waals surface area contributed by atoms with Crippen molar-refractivity contribution in [2.45, 2.75) is 0 Å². The summed E-state index contributed by atoms with van der Waals surface area (Å²) in [6, 6.07) is 9.72. The van der Waals surface area contributed by atoms with Crippen LogP contribution in [-0.2, 0) is 0 Å². The van der Waals surface area contributed by atoms with Crippen molar-refractivity contribution in [2.75, 3.05) is 12.4 Å². The Labute approximate surface area is 144 Å².